The molecule has 1 heterocycles. The highest BCUT2D eigenvalue weighted by Crippen LogP contribution is 2.36. The highest BCUT2D eigenvalue weighted by Gasteiger charge is 2.38. The van der Waals surface area contributed by atoms with Crippen molar-refractivity contribution in [2.24, 2.45) is 0 Å². The summed E-state index contributed by atoms with van der Waals surface area (Å²) in [6, 6.07) is 1.48. The van der Waals surface area contributed by atoms with Crippen LogP contribution >= 0.6 is 11.6 Å². The molecule has 0 unspecified atom stereocenters. The summed E-state index contributed by atoms with van der Waals surface area (Å²) >= 11 is 5.47. The van der Waals surface area contributed by atoms with Gasteiger partial charge in [-0.3, -0.25) is 0 Å². The maximum absolute atomic E-state index is 12.8. The molecule has 23 heavy (non-hydrogen) atoms. The van der Waals surface area contributed by atoms with Crippen molar-refractivity contribution in [3.8, 4) is 0 Å². The van der Waals surface area contributed by atoms with Crippen LogP contribution in [-0.4, -0.2) is 45.7 Å². The first-order chi connectivity index (χ1) is 10.3. The molecule has 0 aromatic heterocycles. The molecule has 11 heteroatoms. The van der Waals surface area contributed by atoms with Crippen molar-refractivity contribution in [3.05, 3.63) is 28.8 Å². The molecule has 1 aromatic carbocycles. The van der Waals surface area contributed by atoms with Gasteiger partial charge in [-0.1, -0.05) is 11.6 Å². The Morgan fingerprint density at radius 3 is 2.39 bits per heavy atom. The predicted octanol–water partition coefficient (Wildman–Crippen LogP) is 2.17. The third kappa shape index (κ3) is 3.81. The minimum absolute atomic E-state index is 0.109. The van der Waals surface area contributed by atoms with Crippen LogP contribution in [0.15, 0.2) is 23.1 Å². The molecular formula is C12H13ClF3NO4S2. The van der Waals surface area contributed by atoms with E-state index in [1.807, 2.05) is 0 Å². The summed E-state index contributed by atoms with van der Waals surface area (Å²) in [5, 5.41) is -0.609. The van der Waals surface area contributed by atoms with E-state index < -0.39 is 47.6 Å². The number of benzene rings is 1. The molecule has 0 aliphatic carbocycles. The third-order valence-electron chi connectivity index (χ3n) is 3.64. The lowest BCUT2D eigenvalue weighted by Crippen LogP contribution is -2.37. The Morgan fingerprint density at radius 1 is 1.30 bits per heavy atom. The number of sulfonamides is 1. The van der Waals surface area contributed by atoms with Gasteiger partial charge >= 0.3 is 6.18 Å². The molecule has 1 aromatic rings. The van der Waals surface area contributed by atoms with Gasteiger partial charge < -0.3 is 0 Å². The van der Waals surface area contributed by atoms with Crippen molar-refractivity contribution in [2.75, 3.05) is 18.6 Å². The van der Waals surface area contributed by atoms with Gasteiger partial charge in [-0.15, -0.1) is 0 Å². The predicted molar refractivity (Wildman–Crippen MR) is 78.5 cm³/mol. The molecule has 1 aliphatic rings. The maximum atomic E-state index is 12.8. The van der Waals surface area contributed by atoms with Crippen LogP contribution in [0.3, 0.4) is 0 Å². The van der Waals surface area contributed by atoms with Crippen molar-refractivity contribution in [2.45, 2.75) is 23.5 Å². The molecule has 1 saturated heterocycles. The van der Waals surface area contributed by atoms with Crippen LogP contribution in [0.2, 0.25) is 5.02 Å². The first-order valence-electron chi connectivity index (χ1n) is 6.40. The Balaban J connectivity index is 2.41. The second-order valence-electron chi connectivity index (χ2n) is 5.22. The lowest BCUT2D eigenvalue weighted by Gasteiger charge is -2.23. The van der Waals surface area contributed by atoms with E-state index in [4.69, 9.17) is 11.6 Å². The first-order valence-corrected chi connectivity index (χ1v) is 10.0. The average molecular weight is 392 g/mol. The van der Waals surface area contributed by atoms with Gasteiger partial charge in [0.1, 0.15) is 0 Å². The number of alkyl halides is 3. The minimum atomic E-state index is -4.79. The highest BCUT2D eigenvalue weighted by molar-refractivity contribution is 7.92. The molecule has 0 spiro atoms. The van der Waals surface area contributed by atoms with Gasteiger partial charge in [0.25, 0.3) is 0 Å². The van der Waals surface area contributed by atoms with Crippen LogP contribution in [0.4, 0.5) is 13.2 Å². The average Bonchev–Trinajstić information content (AvgIpc) is 2.77. The van der Waals surface area contributed by atoms with Crippen LogP contribution in [0.25, 0.3) is 0 Å². The van der Waals surface area contributed by atoms with Crippen LogP contribution in [0, 0.1) is 0 Å². The molecule has 0 radical (unpaired) electrons. The lowest BCUT2D eigenvalue weighted by atomic mass is 10.2. The van der Waals surface area contributed by atoms with E-state index in [9.17, 15) is 30.0 Å². The molecule has 5 nitrogen and oxygen atoms in total. The number of hydrogen-bond donors (Lipinski definition) is 0. The van der Waals surface area contributed by atoms with Gasteiger partial charge in [-0.2, -0.15) is 17.5 Å². The zero-order valence-electron chi connectivity index (χ0n) is 11.8. The van der Waals surface area contributed by atoms with E-state index in [0.717, 1.165) is 23.5 Å². The summed E-state index contributed by atoms with van der Waals surface area (Å²) in [4.78, 5) is -0.582. The SMILES string of the molecule is CN([C@@H]1CCS(=O)(=O)C1)S(=O)(=O)c1ccc(Cl)c(C(F)(F)F)c1. The molecule has 1 atom stereocenters. The van der Waals surface area contributed by atoms with Gasteiger partial charge in [0.15, 0.2) is 9.84 Å². The highest BCUT2D eigenvalue weighted by atomic mass is 35.5. The summed E-state index contributed by atoms with van der Waals surface area (Å²) in [5.41, 5.74) is -1.26. The third-order valence-corrected chi connectivity index (χ3v) is 7.63. The number of halogens is 4. The van der Waals surface area contributed by atoms with E-state index in [0.29, 0.717) is 6.07 Å². The molecule has 1 fully saturated rings. The number of hydrogen-bond acceptors (Lipinski definition) is 4. The molecule has 0 saturated carbocycles. The van der Waals surface area contributed by atoms with Gasteiger partial charge in [-0.25, -0.2) is 16.8 Å². The monoisotopic (exact) mass is 391 g/mol. The summed E-state index contributed by atoms with van der Waals surface area (Å²) < 4.78 is 87.1. The maximum Gasteiger partial charge on any atom is 0.417 e. The number of sulfone groups is 1. The number of nitrogens with zero attached hydrogens (tertiary/aromatic N) is 1. The van der Waals surface area contributed by atoms with Crippen molar-refractivity contribution in [3.63, 3.8) is 0 Å². The van der Waals surface area contributed by atoms with Crippen LogP contribution < -0.4 is 0 Å². The first kappa shape index (κ1) is 18.5. The molecule has 130 valence electrons. The van der Waals surface area contributed by atoms with Crippen molar-refractivity contribution in [1.82, 2.24) is 4.31 Å². The fourth-order valence-electron chi connectivity index (χ4n) is 2.31. The minimum Gasteiger partial charge on any atom is -0.229 e. The summed E-state index contributed by atoms with van der Waals surface area (Å²) in [6.07, 6.45) is -4.68. The van der Waals surface area contributed by atoms with Crippen LogP contribution in [0.5, 0.6) is 0 Å². The molecule has 1 aliphatic heterocycles. The molecule has 0 N–H and O–H groups in total. The summed E-state index contributed by atoms with van der Waals surface area (Å²) in [7, 11) is -6.43. The van der Waals surface area contributed by atoms with Crippen LogP contribution in [0.1, 0.15) is 12.0 Å². The van der Waals surface area contributed by atoms with Gasteiger partial charge in [0, 0.05) is 13.1 Å². The Hall–Kier alpha value is -0.840. The zero-order valence-corrected chi connectivity index (χ0v) is 14.2. The van der Waals surface area contributed by atoms with E-state index in [1.165, 1.54) is 0 Å². The Labute approximate surface area is 137 Å². The molecule has 2 rings (SSSR count). The van der Waals surface area contributed by atoms with Crippen molar-refractivity contribution >= 4 is 31.5 Å². The molecular weight excluding hydrogens is 379 g/mol. The second-order valence-corrected chi connectivity index (χ2v) is 9.85. The quantitative estimate of drug-likeness (QED) is 0.791. The van der Waals surface area contributed by atoms with Crippen molar-refractivity contribution < 1.29 is 30.0 Å². The topological polar surface area (TPSA) is 71.5 Å². The molecule has 0 amide bonds. The second kappa shape index (κ2) is 5.91. The Morgan fingerprint density at radius 2 is 1.91 bits per heavy atom. The van der Waals surface area contributed by atoms with E-state index >= 15 is 0 Å². The van der Waals surface area contributed by atoms with Gasteiger partial charge in [0.05, 0.1) is 27.0 Å². The fourth-order valence-corrected chi connectivity index (χ4v) is 5.81. The van der Waals surface area contributed by atoms with Crippen LogP contribution in [-0.2, 0) is 26.0 Å². The smallest absolute Gasteiger partial charge is 0.229 e. The van der Waals surface area contributed by atoms with Gasteiger partial charge in [-0.05, 0) is 24.6 Å². The largest absolute Gasteiger partial charge is 0.417 e. The van der Waals surface area contributed by atoms with E-state index in [2.05, 4.69) is 0 Å². The van der Waals surface area contributed by atoms with Gasteiger partial charge in [0.2, 0.25) is 10.0 Å². The fraction of sp³-hybridized carbons (Fsp3) is 0.500. The number of rotatable bonds is 3. The zero-order chi connectivity index (χ0) is 17.6. The van der Waals surface area contributed by atoms with Crippen molar-refractivity contribution in [1.29, 1.82) is 0 Å². The Kier molecular flexibility index (Phi) is 4.75. The van der Waals surface area contributed by atoms with E-state index in [-0.39, 0.29) is 17.9 Å². The lowest BCUT2D eigenvalue weighted by molar-refractivity contribution is -0.137. The Bertz CT molecular complexity index is 821. The molecule has 0 bridgehead atoms. The summed E-state index contributed by atoms with van der Waals surface area (Å²) in [6.45, 7) is 0. The van der Waals surface area contributed by atoms with E-state index in [1.54, 1.807) is 0 Å². The standard InChI is InChI=1S/C12H13ClF3NO4S2/c1-17(8-4-5-22(18,19)7-8)23(20,21)9-2-3-11(13)10(6-9)12(14,15)16/h2-3,6,8H,4-5,7H2,1H3/t8-/m1/s1. The normalized spacial score (nSPS) is 21.7. The summed E-state index contributed by atoms with van der Waals surface area (Å²) in [5.74, 6) is -0.492.